The van der Waals surface area contributed by atoms with Crippen LogP contribution in [0.1, 0.15) is 23.2 Å². The standard InChI is InChI=1S/C25H26N2O3S/c1-5-29-20-12-8-19(9-13-20)22-17(3)31-24-23(22)25(28)27(18(4)26-24)14-15-30-21-10-6-16(2)7-11-21/h6-13H,5,14-15H2,1-4H3. The Balaban J connectivity index is 1.67. The first-order chi connectivity index (χ1) is 15.0. The normalized spacial score (nSPS) is 11.1. The van der Waals surface area contributed by atoms with Crippen LogP contribution in [0.5, 0.6) is 11.5 Å². The van der Waals surface area contributed by atoms with E-state index in [0.29, 0.717) is 31.0 Å². The third-order valence-electron chi connectivity index (χ3n) is 5.24. The van der Waals surface area contributed by atoms with Gasteiger partial charge in [0.05, 0.1) is 18.5 Å². The summed E-state index contributed by atoms with van der Waals surface area (Å²) in [6.07, 6.45) is 0. The van der Waals surface area contributed by atoms with Crippen LogP contribution < -0.4 is 15.0 Å². The van der Waals surface area contributed by atoms with Crippen LogP contribution in [0.3, 0.4) is 0 Å². The van der Waals surface area contributed by atoms with E-state index in [1.807, 2.05) is 76.2 Å². The summed E-state index contributed by atoms with van der Waals surface area (Å²) in [5.74, 6) is 2.32. The van der Waals surface area contributed by atoms with E-state index in [9.17, 15) is 4.79 Å². The fraction of sp³-hybridized carbons (Fsp3) is 0.280. The molecule has 0 saturated carbocycles. The molecule has 0 fully saturated rings. The maximum atomic E-state index is 13.5. The van der Waals surface area contributed by atoms with Gasteiger partial charge in [-0.05, 0) is 57.5 Å². The number of ether oxygens (including phenoxy) is 2. The van der Waals surface area contributed by atoms with Crippen LogP contribution in [0.15, 0.2) is 53.3 Å². The quantitative estimate of drug-likeness (QED) is 0.384. The maximum Gasteiger partial charge on any atom is 0.263 e. The third kappa shape index (κ3) is 4.35. The van der Waals surface area contributed by atoms with Gasteiger partial charge in [-0.1, -0.05) is 29.8 Å². The van der Waals surface area contributed by atoms with Crippen LogP contribution in [0, 0.1) is 20.8 Å². The fourth-order valence-electron chi connectivity index (χ4n) is 3.68. The SMILES string of the molecule is CCOc1ccc(-c2c(C)sc3nc(C)n(CCOc4ccc(C)cc4)c(=O)c23)cc1. The minimum absolute atomic E-state index is 0.0248. The number of aryl methyl sites for hydroxylation is 3. The summed E-state index contributed by atoms with van der Waals surface area (Å²) in [5.41, 5.74) is 3.11. The highest BCUT2D eigenvalue weighted by Gasteiger charge is 2.18. The van der Waals surface area contributed by atoms with Crippen LogP contribution in [0.25, 0.3) is 21.3 Å². The molecule has 2 aromatic heterocycles. The Labute approximate surface area is 185 Å². The van der Waals surface area contributed by atoms with E-state index < -0.39 is 0 Å². The number of fused-ring (bicyclic) bond motifs is 1. The van der Waals surface area contributed by atoms with Gasteiger partial charge in [0.1, 0.15) is 28.8 Å². The average Bonchev–Trinajstić information content (AvgIpc) is 3.08. The van der Waals surface area contributed by atoms with Crippen molar-refractivity contribution in [3.8, 4) is 22.6 Å². The predicted octanol–water partition coefficient (Wildman–Crippen LogP) is 5.53. The van der Waals surface area contributed by atoms with Crippen molar-refractivity contribution in [3.05, 3.63) is 75.1 Å². The van der Waals surface area contributed by atoms with E-state index in [2.05, 4.69) is 0 Å². The van der Waals surface area contributed by atoms with E-state index in [4.69, 9.17) is 14.5 Å². The van der Waals surface area contributed by atoms with Crippen LogP contribution in [-0.4, -0.2) is 22.8 Å². The molecule has 0 spiro atoms. The molecule has 0 amide bonds. The zero-order valence-electron chi connectivity index (χ0n) is 18.3. The highest BCUT2D eigenvalue weighted by molar-refractivity contribution is 7.19. The number of nitrogens with zero attached hydrogens (tertiary/aromatic N) is 2. The van der Waals surface area contributed by atoms with Gasteiger partial charge in [0.25, 0.3) is 5.56 Å². The number of hydrogen-bond donors (Lipinski definition) is 0. The van der Waals surface area contributed by atoms with Crippen molar-refractivity contribution in [2.75, 3.05) is 13.2 Å². The second-order valence-electron chi connectivity index (χ2n) is 7.45. The minimum atomic E-state index is -0.0248. The van der Waals surface area contributed by atoms with Crippen LogP contribution in [0.2, 0.25) is 0 Å². The molecule has 0 saturated heterocycles. The first kappa shape index (κ1) is 21.1. The highest BCUT2D eigenvalue weighted by atomic mass is 32.1. The Morgan fingerprint density at radius 2 is 1.58 bits per heavy atom. The lowest BCUT2D eigenvalue weighted by Crippen LogP contribution is -2.26. The first-order valence-electron chi connectivity index (χ1n) is 10.4. The van der Waals surface area contributed by atoms with Crippen molar-refractivity contribution < 1.29 is 9.47 Å². The molecule has 0 radical (unpaired) electrons. The zero-order valence-corrected chi connectivity index (χ0v) is 19.1. The van der Waals surface area contributed by atoms with E-state index in [0.717, 1.165) is 32.3 Å². The van der Waals surface area contributed by atoms with Gasteiger partial charge < -0.3 is 9.47 Å². The topological polar surface area (TPSA) is 53.4 Å². The molecule has 0 bridgehead atoms. The number of thiophene rings is 1. The Morgan fingerprint density at radius 1 is 0.935 bits per heavy atom. The van der Waals surface area contributed by atoms with Gasteiger partial charge in [0.15, 0.2) is 0 Å². The minimum Gasteiger partial charge on any atom is -0.494 e. The molecule has 2 aromatic carbocycles. The van der Waals surface area contributed by atoms with Gasteiger partial charge in [-0.3, -0.25) is 9.36 Å². The molecule has 31 heavy (non-hydrogen) atoms. The molecule has 0 unspecified atom stereocenters. The second kappa shape index (κ2) is 8.94. The van der Waals surface area contributed by atoms with Gasteiger partial charge in [0, 0.05) is 10.4 Å². The summed E-state index contributed by atoms with van der Waals surface area (Å²) >= 11 is 1.56. The number of rotatable bonds is 7. The van der Waals surface area contributed by atoms with Gasteiger partial charge in [0.2, 0.25) is 0 Å². The monoisotopic (exact) mass is 434 g/mol. The van der Waals surface area contributed by atoms with Gasteiger partial charge in [-0.25, -0.2) is 4.98 Å². The van der Waals surface area contributed by atoms with Gasteiger partial charge >= 0.3 is 0 Å². The van der Waals surface area contributed by atoms with Crippen LogP contribution >= 0.6 is 11.3 Å². The van der Waals surface area contributed by atoms with E-state index in [1.54, 1.807) is 15.9 Å². The lowest BCUT2D eigenvalue weighted by atomic mass is 10.0. The molecule has 0 aliphatic carbocycles. The molecular weight excluding hydrogens is 408 g/mol. The Hall–Kier alpha value is -3.12. The molecule has 5 nitrogen and oxygen atoms in total. The maximum absolute atomic E-state index is 13.5. The number of hydrogen-bond acceptors (Lipinski definition) is 5. The van der Waals surface area contributed by atoms with Crippen molar-refractivity contribution in [2.24, 2.45) is 0 Å². The lowest BCUT2D eigenvalue weighted by Gasteiger charge is -2.12. The summed E-state index contributed by atoms with van der Waals surface area (Å²) in [4.78, 5) is 20.0. The predicted molar refractivity (Wildman–Crippen MR) is 127 cm³/mol. The average molecular weight is 435 g/mol. The molecule has 0 aliphatic heterocycles. The van der Waals surface area contributed by atoms with Crippen molar-refractivity contribution in [3.63, 3.8) is 0 Å². The fourth-order valence-corrected chi connectivity index (χ4v) is 4.76. The largest absolute Gasteiger partial charge is 0.494 e. The lowest BCUT2D eigenvalue weighted by molar-refractivity contribution is 0.294. The van der Waals surface area contributed by atoms with Crippen molar-refractivity contribution in [1.29, 1.82) is 0 Å². The van der Waals surface area contributed by atoms with Crippen molar-refractivity contribution in [2.45, 2.75) is 34.2 Å². The molecular formula is C25H26N2O3S. The number of benzene rings is 2. The second-order valence-corrected chi connectivity index (χ2v) is 8.65. The van der Waals surface area contributed by atoms with Crippen molar-refractivity contribution >= 4 is 21.6 Å². The Morgan fingerprint density at radius 3 is 2.26 bits per heavy atom. The molecule has 160 valence electrons. The molecule has 2 heterocycles. The smallest absolute Gasteiger partial charge is 0.263 e. The first-order valence-corrected chi connectivity index (χ1v) is 11.2. The summed E-state index contributed by atoms with van der Waals surface area (Å²) in [6.45, 7) is 9.38. The van der Waals surface area contributed by atoms with Gasteiger partial charge in [-0.2, -0.15) is 0 Å². The van der Waals surface area contributed by atoms with Gasteiger partial charge in [-0.15, -0.1) is 11.3 Å². The van der Waals surface area contributed by atoms with E-state index >= 15 is 0 Å². The molecule has 0 N–H and O–H groups in total. The van der Waals surface area contributed by atoms with Crippen LogP contribution in [0.4, 0.5) is 0 Å². The summed E-state index contributed by atoms with van der Waals surface area (Å²) in [5, 5.41) is 0.674. The summed E-state index contributed by atoms with van der Waals surface area (Å²) in [6, 6.07) is 15.8. The number of aromatic nitrogens is 2. The molecule has 0 atom stereocenters. The Bertz CT molecular complexity index is 1260. The molecule has 4 rings (SSSR count). The zero-order chi connectivity index (χ0) is 22.0. The van der Waals surface area contributed by atoms with Crippen LogP contribution in [-0.2, 0) is 6.54 Å². The van der Waals surface area contributed by atoms with Crippen molar-refractivity contribution in [1.82, 2.24) is 9.55 Å². The summed E-state index contributed by atoms with van der Waals surface area (Å²) < 4.78 is 13.1. The molecule has 4 aromatic rings. The van der Waals surface area contributed by atoms with E-state index in [-0.39, 0.29) is 5.56 Å². The molecule has 0 aliphatic rings. The third-order valence-corrected chi connectivity index (χ3v) is 6.24. The summed E-state index contributed by atoms with van der Waals surface area (Å²) in [7, 11) is 0. The molecule has 6 heteroatoms. The van der Waals surface area contributed by atoms with E-state index in [1.165, 1.54) is 5.56 Å². The highest BCUT2D eigenvalue weighted by Crippen LogP contribution is 2.36. The Kier molecular flexibility index (Phi) is 6.09.